The molecule has 0 saturated carbocycles. The van der Waals surface area contributed by atoms with E-state index in [1.807, 2.05) is 41.3 Å². The van der Waals surface area contributed by atoms with Crippen LogP contribution in [0, 0.1) is 5.82 Å². The first-order valence-corrected chi connectivity index (χ1v) is 11.4. The van der Waals surface area contributed by atoms with E-state index in [9.17, 15) is 12.8 Å². The van der Waals surface area contributed by atoms with Gasteiger partial charge in [0, 0.05) is 31.7 Å². The van der Waals surface area contributed by atoms with E-state index >= 15 is 0 Å². The molecule has 4 rings (SSSR count). The lowest BCUT2D eigenvalue weighted by Gasteiger charge is -2.34. The highest BCUT2D eigenvalue weighted by atomic mass is 35.5. The van der Waals surface area contributed by atoms with Crippen molar-refractivity contribution in [1.82, 2.24) is 14.5 Å². The number of sulfonamides is 1. The van der Waals surface area contributed by atoms with Gasteiger partial charge in [-0.2, -0.15) is 4.31 Å². The smallest absolute Gasteiger partial charge is 0.243 e. The third kappa shape index (κ3) is 4.34. The monoisotopic (exact) mass is 462 g/mol. The van der Waals surface area contributed by atoms with E-state index in [-0.39, 0.29) is 23.0 Å². The van der Waals surface area contributed by atoms with E-state index in [4.69, 9.17) is 16.3 Å². The molecule has 1 fully saturated rings. The van der Waals surface area contributed by atoms with E-state index in [1.165, 1.54) is 10.4 Å². The zero-order valence-corrected chi connectivity index (χ0v) is 18.3. The van der Waals surface area contributed by atoms with Crippen LogP contribution in [0.1, 0.15) is 0 Å². The summed E-state index contributed by atoms with van der Waals surface area (Å²) in [5.41, 5.74) is 1.54. The highest BCUT2D eigenvalue weighted by Gasteiger charge is 2.29. The predicted octanol–water partition coefficient (Wildman–Crippen LogP) is 3.46. The average molecular weight is 463 g/mol. The number of hydrogen-bond acceptors (Lipinski definition) is 6. The number of anilines is 1. The van der Waals surface area contributed by atoms with Gasteiger partial charge in [-0.05, 0) is 42.5 Å². The van der Waals surface area contributed by atoms with Crippen LogP contribution in [-0.4, -0.2) is 56.2 Å². The number of ether oxygens (including phenoxy) is 1. The summed E-state index contributed by atoms with van der Waals surface area (Å²) in [5, 5.41) is 8.41. The molecule has 0 amide bonds. The summed E-state index contributed by atoms with van der Waals surface area (Å²) < 4.78 is 45.8. The normalized spacial score (nSPS) is 15.1. The zero-order valence-electron chi connectivity index (χ0n) is 16.7. The molecule has 0 spiro atoms. The zero-order chi connectivity index (χ0) is 22.0. The lowest BCUT2D eigenvalue weighted by Crippen LogP contribution is -2.49. The molecule has 0 radical (unpaired) electrons. The molecule has 0 N–H and O–H groups in total. The summed E-state index contributed by atoms with van der Waals surface area (Å²) in [6.45, 7) is 1.45. The van der Waals surface area contributed by atoms with Crippen LogP contribution >= 0.6 is 11.6 Å². The molecule has 7 nitrogen and oxygen atoms in total. The van der Waals surface area contributed by atoms with E-state index < -0.39 is 15.8 Å². The predicted molar refractivity (Wildman–Crippen MR) is 116 cm³/mol. The van der Waals surface area contributed by atoms with E-state index in [0.29, 0.717) is 30.4 Å². The van der Waals surface area contributed by atoms with Crippen molar-refractivity contribution in [2.24, 2.45) is 0 Å². The van der Waals surface area contributed by atoms with Crippen molar-refractivity contribution in [3.05, 3.63) is 65.4 Å². The molecule has 10 heteroatoms. The Hall–Kier alpha value is -2.75. The standard InChI is InChI=1S/C21H20ClFN4O3S/c1-30-20-5-3-2-4-16(20)19-8-9-21(25-24-19)26-10-12-27(13-11-26)31(28,29)15-6-7-18(23)17(22)14-15/h2-9,14H,10-13H2,1H3. The lowest BCUT2D eigenvalue weighted by atomic mass is 10.1. The molecule has 0 atom stereocenters. The fourth-order valence-electron chi connectivity index (χ4n) is 3.44. The molecule has 0 unspecified atom stereocenters. The molecule has 1 aromatic heterocycles. The van der Waals surface area contributed by atoms with Gasteiger partial charge in [-0.25, -0.2) is 12.8 Å². The van der Waals surface area contributed by atoms with E-state index in [1.54, 1.807) is 7.11 Å². The SMILES string of the molecule is COc1ccccc1-c1ccc(N2CCN(S(=O)(=O)c3ccc(F)c(Cl)c3)CC2)nn1. The number of methoxy groups -OCH3 is 1. The first-order valence-electron chi connectivity index (χ1n) is 9.57. The second kappa shape index (κ2) is 8.78. The number of benzene rings is 2. The molecule has 1 saturated heterocycles. The minimum absolute atomic E-state index is 0.0201. The summed E-state index contributed by atoms with van der Waals surface area (Å²) in [7, 11) is -2.15. The first-order chi connectivity index (χ1) is 14.9. The second-order valence-corrected chi connectivity index (χ2v) is 9.29. The Labute approximate surface area is 185 Å². The summed E-state index contributed by atoms with van der Waals surface area (Å²) in [5.74, 6) is 0.727. The summed E-state index contributed by atoms with van der Waals surface area (Å²) >= 11 is 5.75. The number of rotatable bonds is 5. The lowest BCUT2D eigenvalue weighted by molar-refractivity contribution is 0.383. The van der Waals surface area contributed by atoms with Crippen molar-refractivity contribution in [1.29, 1.82) is 0 Å². The third-order valence-electron chi connectivity index (χ3n) is 5.12. The van der Waals surface area contributed by atoms with Gasteiger partial charge in [-0.15, -0.1) is 10.2 Å². The first kappa shape index (κ1) is 21.5. The Kier molecular flexibility index (Phi) is 6.08. The highest BCUT2D eigenvalue weighted by molar-refractivity contribution is 7.89. The van der Waals surface area contributed by atoms with Crippen LogP contribution in [0.5, 0.6) is 5.75 Å². The van der Waals surface area contributed by atoms with Gasteiger partial charge >= 0.3 is 0 Å². The maximum absolute atomic E-state index is 13.4. The maximum atomic E-state index is 13.4. The number of nitrogens with zero attached hydrogens (tertiary/aromatic N) is 4. The largest absolute Gasteiger partial charge is 0.496 e. The fourth-order valence-corrected chi connectivity index (χ4v) is 5.13. The molecule has 0 bridgehead atoms. The number of para-hydroxylation sites is 1. The fraction of sp³-hybridized carbons (Fsp3) is 0.238. The Bertz CT molecular complexity index is 1180. The van der Waals surface area contributed by atoms with Gasteiger partial charge in [0.05, 0.1) is 22.7 Å². The van der Waals surface area contributed by atoms with Gasteiger partial charge in [0.15, 0.2) is 5.82 Å². The molecule has 31 heavy (non-hydrogen) atoms. The van der Waals surface area contributed by atoms with Crippen LogP contribution in [-0.2, 0) is 10.0 Å². The molecule has 0 aliphatic carbocycles. The van der Waals surface area contributed by atoms with Crippen LogP contribution in [0.4, 0.5) is 10.2 Å². The third-order valence-corrected chi connectivity index (χ3v) is 7.31. The van der Waals surface area contributed by atoms with Crippen LogP contribution in [0.3, 0.4) is 0 Å². The van der Waals surface area contributed by atoms with Crippen LogP contribution in [0.15, 0.2) is 59.5 Å². The number of halogens is 2. The maximum Gasteiger partial charge on any atom is 0.243 e. The number of aromatic nitrogens is 2. The molecule has 2 heterocycles. The van der Waals surface area contributed by atoms with Crippen LogP contribution < -0.4 is 9.64 Å². The Morgan fingerprint density at radius 1 is 1.00 bits per heavy atom. The van der Waals surface area contributed by atoms with Crippen molar-refractivity contribution >= 4 is 27.4 Å². The van der Waals surface area contributed by atoms with Gasteiger partial charge in [0.25, 0.3) is 0 Å². The van der Waals surface area contributed by atoms with Crippen molar-refractivity contribution in [2.75, 3.05) is 38.2 Å². The second-order valence-electron chi connectivity index (χ2n) is 6.94. The quantitative estimate of drug-likeness (QED) is 0.578. The molecule has 162 valence electrons. The molecular weight excluding hydrogens is 443 g/mol. The minimum atomic E-state index is -3.75. The molecule has 1 aliphatic heterocycles. The summed E-state index contributed by atoms with van der Waals surface area (Å²) in [6, 6.07) is 14.7. The van der Waals surface area contributed by atoms with E-state index in [2.05, 4.69) is 10.2 Å². The van der Waals surface area contributed by atoms with Gasteiger partial charge in [0.2, 0.25) is 10.0 Å². The highest BCUT2D eigenvalue weighted by Crippen LogP contribution is 2.29. The van der Waals surface area contributed by atoms with Crippen LogP contribution in [0.2, 0.25) is 5.02 Å². The van der Waals surface area contributed by atoms with Crippen molar-refractivity contribution in [2.45, 2.75) is 4.90 Å². The Balaban J connectivity index is 1.45. The topological polar surface area (TPSA) is 75.6 Å². The van der Waals surface area contributed by atoms with Gasteiger partial charge in [-0.1, -0.05) is 23.7 Å². The summed E-state index contributed by atoms with van der Waals surface area (Å²) in [6.07, 6.45) is 0. The molecular formula is C21H20ClFN4O3S. The summed E-state index contributed by atoms with van der Waals surface area (Å²) in [4.78, 5) is 1.95. The minimum Gasteiger partial charge on any atom is -0.496 e. The van der Waals surface area contributed by atoms with E-state index in [0.717, 1.165) is 17.7 Å². The number of piperazine rings is 1. The number of hydrogen-bond donors (Lipinski definition) is 0. The van der Waals surface area contributed by atoms with Crippen molar-refractivity contribution < 1.29 is 17.5 Å². The average Bonchev–Trinajstić information content (AvgIpc) is 2.81. The molecule has 1 aliphatic rings. The van der Waals surface area contributed by atoms with Gasteiger partial charge in [0.1, 0.15) is 11.6 Å². The van der Waals surface area contributed by atoms with Gasteiger partial charge < -0.3 is 9.64 Å². The van der Waals surface area contributed by atoms with Crippen molar-refractivity contribution in [3.8, 4) is 17.0 Å². The van der Waals surface area contributed by atoms with Crippen LogP contribution in [0.25, 0.3) is 11.3 Å². The Morgan fingerprint density at radius 2 is 1.74 bits per heavy atom. The van der Waals surface area contributed by atoms with Crippen molar-refractivity contribution in [3.63, 3.8) is 0 Å². The van der Waals surface area contributed by atoms with Gasteiger partial charge in [-0.3, -0.25) is 0 Å². The molecule has 3 aromatic rings. The Morgan fingerprint density at radius 3 is 2.39 bits per heavy atom. The molecule has 2 aromatic carbocycles.